The number of ether oxygens (including phenoxy) is 2. The van der Waals surface area contributed by atoms with Crippen LogP contribution >= 0.6 is 0 Å². The van der Waals surface area contributed by atoms with Gasteiger partial charge in [0.25, 0.3) is 0 Å². The molecule has 0 bridgehead atoms. The van der Waals surface area contributed by atoms with Crippen LogP contribution in [-0.4, -0.2) is 46.4 Å². The summed E-state index contributed by atoms with van der Waals surface area (Å²) in [6.45, 7) is 7.19. The predicted molar refractivity (Wildman–Crippen MR) is 88.8 cm³/mol. The first kappa shape index (κ1) is 17.1. The van der Waals surface area contributed by atoms with Gasteiger partial charge in [0.05, 0.1) is 58.8 Å². The highest BCUT2D eigenvalue weighted by Gasteiger charge is 2.34. The van der Waals surface area contributed by atoms with E-state index in [9.17, 15) is 0 Å². The lowest BCUT2D eigenvalue weighted by Gasteiger charge is -2.35. The van der Waals surface area contributed by atoms with Gasteiger partial charge in [0.15, 0.2) is 11.5 Å². The number of rotatable bonds is 6. The van der Waals surface area contributed by atoms with Crippen LogP contribution in [0.15, 0.2) is 18.2 Å². The summed E-state index contributed by atoms with van der Waals surface area (Å²) in [5, 5.41) is 2.55. The minimum atomic E-state index is 0.763. The zero-order chi connectivity index (χ0) is 16.1. The molecule has 1 heterocycles. The van der Waals surface area contributed by atoms with Gasteiger partial charge in [0.1, 0.15) is 0 Å². The Bertz CT molecular complexity index is 478. The van der Waals surface area contributed by atoms with E-state index < -0.39 is 0 Å². The first-order valence-corrected chi connectivity index (χ1v) is 8.41. The molecule has 0 amide bonds. The molecule has 4 atom stereocenters. The third-order valence-corrected chi connectivity index (χ3v) is 5.19. The molecule has 1 aromatic carbocycles. The summed E-state index contributed by atoms with van der Waals surface area (Å²) in [4.78, 5) is 1.68. The number of nitrogens with one attached hydrogen (secondary N) is 1. The molecule has 124 valence electrons. The van der Waals surface area contributed by atoms with Crippen molar-refractivity contribution in [3.05, 3.63) is 23.8 Å². The molecule has 1 aliphatic heterocycles. The monoisotopic (exact) mass is 308 g/mol. The van der Waals surface area contributed by atoms with Gasteiger partial charge in [-0.15, -0.1) is 0 Å². The Labute approximate surface area is 134 Å². The van der Waals surface area contributed by atoms with Crippen LogP contribution in [0.25, 0.3) is 0 Å². The second-order valence-corrected chi connectivity index (χ2v) is 6.79. The molecule has 0 saturated carbocycles. The highest BCUT2D eigenvalue weighted by Crippen LogP contribution is 2.27. The Hall–Kier alpha value is -1.26. The van der Waals surface area contributed by atoms with Crippen molar-refractivity contribution in [1.29, 1.82) is 0 Å². The van der Waals surface area contributed by atoms with Crippen LogP contribution in [-0.2, 0) is 6.42 Å². The molecule has 1 saturated heterocycles. The fourth-order valence-electron chi connectivity index (χ4n) is 3.53. The molecule has 1 aliphatic rings. The average molecular weight is 308 g/mol. The first-order valence-electron chi connectivity index (χ1n) is 8.41. The van der Waals surface area contributed by atoms with E-state index in [2.05, 4.69) is 38.3 Å². The Morgan fingerprint density at radius 1 is 1.18 bits per heavy atom. The van der Waals surface area contributed by atoms with Crippen molar-refractivity contribution in [3.8, 4) is 11.5 Å². The number of methoxy groups -OCH3 is 2. The first-order chi connectivity index (χ1) is 10.5. The van der Waals surface area contributed by atoms with Crippen molar-refractivity contribution >= 4 is 0 Å². The van der Waals surface area contributed by atoms with Crippen LogP contribution in [0.4, 0.5) is 0 Å². The van der Waals surface area contributed by atoms with Crippen molar-refractivity contribution in [2.75, 3.05) is 34.4 Å². The molecule has 0 aliphatic carbocycles. The summed E-state index contributed by atoms with van der Waals surface area (Å²) < 4.78 is 10.7. The van der Waals surface area contributed by atoms with Crippen molar-refractivity contribution in [3.63, 3.8) is 0 Å². The van der Waals surface area contributed by atoms with Crippen molar-refractivity contribution < 1.29 is 19.7 Å². The summed E-state index contributed by atoms with van der Waals surface area (Å²) in [6.07, 6.45) is 2.39. The second-order valence-electron chi connectivity index (χ2n) is 6.79. The van der Waals surface area contributed by atoms with Crippen LogP contribution in [0.5, 0.6) is 11.5 Å². The maximum Gasteiger partial charge on any atom is 0.160 e. The topological polar surface area (TPSA) is 39.5 Å². The van der Waals surface area contributed by atoms with E-state index in [1.807, 2.05) is 6.07 Å². The number of piperidine rings is 1. The van der Waals surface area contributed by atoms with E-state index in [1.165, 1.54) is 18.5 Å². The molecule has 1 fully saturated rings. The summed E-state index contributed by atoms with van der Waals surface area (Å²) in [6, 6.07) is 7.77. The smallest absolute Gasteiger partial charge is 0.160 e. The van der Waals surface area contributed by atoms with Crippen LogP contribution < -0.4 is 19.7 Å². The molecular formula is C18H32N2O2+2. The summed E-state index contributed by atoms with van der Waals surface area (Å²) in [7, 11) is 5.69. The van der Waals surface area contributed by atoms with Gasteiger partial charge in [0, 0.05) is 6.42 Å². The van der Waals surface area contributed by atoms with E-state index in [0.717, 1.165) is 42.5 Å². The van der Waals surface area contributed by atoms with E-state index in [4.69, 9.17) is 9.47 Å². The van der Waals surface area contributed by atoms with Gasteiger partial charge in [-0.1, -0.05) is 13.0 Å². The van der Waals surface area contributed by atoms with Gasteiger partial charge < -0.3 is 19.7 Å². The van der Waals surface area contributed by atoms with Gasteiger partial charge in [-0.2, -0.15) is 0 Å². The zero-order valence-corrected chi connectivity index (χ0v) is 14.7. The molecule has 2 rings (SSSR count). The molecule has 1 aromatic rings. The lowest BCUT2D eigenvalue weighted by molar-refractivity contribution is -0.922. The summed E-state index contributed by atoms with van der Waals surface area (Å²) in [5.74, 6) is 2.42. The fraction of sp³-hybridized carbons (Fsp3) is 0.667. The van der Waals surface area contributed by atoms with Gasteiger partial charge in [0.2, 0.25) is 0 Å². The number of benzene rings is 1. The van der Waals surface area contributed by atoms with Gasteiger partial charge in [-0.25, -0.2) is 0 Å². The summed E-state index contributed by atoms with van der Waals surface area (Å²) in [5.41, 5.74) is 1.31. The van der Waals surface area contributed by atoms with Crippen LogP contribution in [0.2, 0.25) is 0 Å². The molecule has 4 nitrogen and oxygen atoms in total. The van der Waals surface area contributed by atoms with E-state index in [0.29, 0.717) is 0 Å². The second kappa shape index (κ2) is 7.84. The molecule has 0 spiro atoms. The fourth-order valence-corrected chi connectivity index (χ4v) is 3.53. The molecular weight excluding hydrogens is 276 g/mol. The van der Waals surface area contributed by atoms with Crippen LogP contribution in [0.3, 0.4) is 0 Å². The van der Waals surface area contributed by atoms with Crippen LogP contribution in [0, 0.1) is 5.92 Å². The minimum Gasteiger partial charge on any atom is -0.493 e. The quantitative estimate of drug-likeness (QED) is 0.784. The number of likely N-dealkylation sites (tertiary alicyclic amines) is 1. The Balaban J connectivity index is 1.86. The molecule has 3 N–H and O–H groups in total. The number of hydrogen-bond donors (Lipinski definition) is 2. The minimum absolute atomic E-state index is 0.763. The van der Waals surface area contributed by atoms with Crippen molar-refractivity contribution in [2.24, 2.45) is 5.92 Å². The third kappa shape index (κ3) is 4.14. The lowest BCUT2D eigenvalue weighted by atomic mass is 9.90. The normalized spacial score (nSPS) is 28.4. The number of hydrogen-bond acceptors (Lipinski definition) is 2. The predicted octanol–water partition coefficient (Wildman–Crippen LogP) is 0.121. The standard InChI is InChI=1S/C18H30N2O2/c1-13-12-20(3)14(2)10-16(13)19-9-8-15-6-7-17(21-4)18(11-15)22-5/h6-7,11,13-14,16,19H,8-10,12H2,1-5H3/p+2/t13-,14+,16+/m1/s1. The molecule has 0 aromatic heterocycles. The van der Waals surface area contributed by atoms with Gasteiger partial charge in [-0.3, -0.25) is 0 Å². The van der Waals surface area contributed by atoms with Gasteiger partial charge in [-0.05, 0) is 24.6 Å². The largest absolute Gasteiger partial charge is 0.493 e. The maximum atomic E-state index is 5.38. The number of nitrogens with two attached hydrogens (primary N) is 1. The molecule has 4 heteroatoms. The van der Waals surface area contributed by atoms with E-state index >= 15 is 0 Å². The average Bonchev–Trinajstić information content (AvgIpc) is 2.52. The van der Waals surface area contributed by atoms with Crippen LogP contribution in [0.1, 0.15) is 25.8 Å². The number of quaternary nitrogens is 2. The lowest BCUT2D eigenvalue weighted by Crippen LogP contribution is -3.16. The highest BCUT2D eigenvalue weighted by atomic mass is 16.5. The van der Waals surface area contributed by atoms with Crippen molar-refractivity contribution in [1.82, 2.24) is 0 Å². The summed E-state index contributed by atoms with van der Waals surface area (Å²) >= 11 is 0. The SMILES string of the molecule is COc1ccc(CC[NH2+][C@H]2C[C@H](C)[NH+](C)C[C@H]2C)cc1OC. The molecule has 1 unspecified atom stereocenters. The van der Waals surface area contributed by atoms with Gasteiger partial charge >= 0.3 is 0 Å². The molecule has 22 heavy (non-hydrogen) atoms. The van der Waals surface area contributed by atoms with Crippen molar-refractivity contribution in [2.45, 2.75) is 38.8 Å². The van der Waals surface area contributed by atoms with E-state index in [-0.39, 0.29) is 0 Å². The molecule has 0 radical (unpaired) electrons. The maximum absolute atomic E-state index is 5.38. The Kier molecular flexibility index (Phi) is 6.09. The zero-order valence-electron chi connectivity index (χ0n) is 14.7. The van der Waals surface area contributed by atoms with E-state index in [1.54, 1.807) is 19.1 Å². The highest BCUT2D eigenvalue weighted by molar-refractivity contribution is 5.42. The third-order valence-electron chi connectivity index (χ3n) is 5.19. The Morgan fingerprint density at radius 3 is 2.59 bits per heavy atom. The Morgan fingerprint density at radius 2 is 1.91 bits per heavy atom.